The molecule has 122 valence electrons. The SMILES string of the molecule is CCc1cccc(C(=O)OC)c1NC(=O)c1ccnn1C(C)C. The molecule has 0 atom stereocenters. The highest BCUT2D eigenvalue weighted by Gasteiger charge is 2.20. The minimum absolute atomic E-state index is 0.0623. The lowest BCUT2D eigenvalue weighted by molar-refractivity contribution is 0.0602. The van der Waals surface area contributed by atoms with Gasteiger partial charge in [-0.25, -0.2) is 4.79 Å². The topological polar surface area (TPSA) is 73.2 Å². The van der Waals surface area contributed by atoms with Gasteiger partial charge in [-0.2, -0.15) is 5.10 Å². The number of hydrogen-bond donors (Lipinski definition) is 1. The number of benzene rings is 1. The molecule has 0 aliphatic carbocycles. The molecule has 0 bridgehead atoms. The highest BCUT2D eigenvalue weighted by molar-refractivity contribution is 6.07. The predicted molar refractivity (Wildman–Crippen MR) is 87.7 cm³/mol. The molecule has 1 aromatic carbocycles. The quantitative estimate of drug-likeness (QED) is 0.861. The van der Waals surface area contributed by atoms with E-state index in [1.807, 2.05) is 26.8 Å². The molecule has 0 saturated heterocycles. The maximum atomic E-state index is 12.6. The Bertz CT molecular complexity index is 720. The third-order valence-corrected chi connectivity index (χ3v) is 3.57. The average molecular weight is 315 g/mol. The van der Waals surface area contributed by atoms with Gasteiger partial charge in [0.25, 0.3) is 5.91 Å². The van der Waals surface area contributed by atoms with E-state index in [2.05, 4.69) is 10.4 Å². The van der Waals surface area contributed by atoms with E-state index in [9.17, 15) is 9.59 Å². The molecule has 1 amide bonds. The molecule has 0 spiro atoms. The Kier molecular flexibility index (Phi) is 5.16. The van der Waals surface area contributed by atoms with Crippen molar-refractivity contribution < 1.29 is 14.3 Å². The van der Waals surface area contributed by atoms with Crippen molar-refractivity contribution in [2.75, 3.05) is 12.4 Å². The van der Waals surface area contributed by atoms with Gasteiger partial charge >= 0.3 is 5.97 Å². The Morgan fingerprint density at radius 3 is 2.65 bits per heavy atom. The Hall–Kier alpha value is -2.63. The molecule has 0 radical (unpaired) electrons. The van der Waals surface area contributed by atoms with E-state index < -0.39 is 5.97 Å². The van der Waals surface area contributed by atoms with E-state index in [4.69, 9.17) is 4.74 Å². The van der Waals surface area contributed by atoms with Crippen LogP contribution in [-0.2, 0) is 11.2 Å². The molecule has 2 aromatic rings. The van der Waals surface area contributed by atoms with Crippen LogP contribution >= 0.6 is 0 Å². The van der Waals surface area contributed by atoms with Gasteiger partial charge in [0, 0.05) is 12.2 Å². The molecule has 1 aromatic heterocycles. The summed E-state index contributed by atoms with van der Waals surface area (Å²) in [5, 5.41) is 7.00. The molecule has 1 heterocycles. The van der Waals surface area contributed by atoms with Gasteiger partial charge in [-0.15, -0.1) is 0 Å². The van der Waals surface area contributed by atoms with Crippen LogP contribution in [0.5, 0.6) is 0 Å². The van der Waals surface area contributed by atoms with Gasteiger partial charge in [-0.05, 0) is 38.0 Å². The number of methoxy groups -OCH3 is 1. The van der Waals surface area contributed by atoms with Gasteiger partial charge in [0.2, 0.25) is 0 Å². The smallest absolute Gasteiger partial charge is 0.339 e. The zero-order chi connectivity index (χ0) is 17.0. The molecule has 1 N–H and O–H groups in total. The molecule has 23 heavy (non-hydrogen) atoms. The first-order valence-corrected chi connectivity index (χ1v) is 7.54. The van der Waals surface area contributed by atoms with Crippen LogP contribution in [0.25, 0.3) is 0 Å². The molecule has 0 unspecified atom stereocenters. The first-order valence-electron chi connectivity index (χ1n) is 7.54. The first-order chi connectivity index (χ1) is 11.0. The maximum absolute atomic E-state index is 12.6. The molecular weight excluding hydrogens is 294 g/mol. The Morgan fingerprint density at radius 1 is 1.30 bits per heavy atom. The van der Waals surface area contributed by atoms with E-state index in [-0.39, 0.29) is 11.9 Å². The summed E-state index contributed by atoms with van der Waals surface area (Å²) in [4.78, 5) is 24.6. The van der Waals surface area contributed by atoms with Crippen LogP contribution in [0.4, 0.5) is 5.69 Å². The maximum Gasteiger partial charge on any atom is 0.339 e. The lowest BCUT2D eigenvalue weighted by Crippen LogP contribution is -2.21. The Labute approximate surface area is 135 Å². The van der Waals surface area contributed by atoms with Gasteiger partial charge in [0.15, 0.2) is 0 Å². The summed E-state index contributed by atoms with van der Waals surface area (Å²) < 4.78 is 6.44. The zero-order valence-corrected chi connectivity index (χ0v) is 13.8. The Morgan fingerprint density at radius 2 is 2.04 bits per heavy atom. The summed E-state index contributed by atoms with van der Waals surface area (Å²) in [6.07, 6.45) is 2.27. The van der Waals surface area contributed by atoms with E-state index in [1.165, 1.54) is 7.11 Å². The average Bonchev–Trinajstić information content (AvgIpc) is 3.04. The number of nitrogens with one attached hydrogen (secondary N) is 1. The van der Waals surface area contributed by atoms with Gasteiger partial charge in [-0.3, -0.25) is 9.48 Å². The molecule has 0 aliphatic heterocycles. The number of anilines is 1. The molecule has 0 fully saturated rings. The number of carbonyl (C=O) groups excluding carboxylic acids is 2. The fourth-order valence-electron chi connectivity index (χ4n) is 2.41. The van der Waals surface area contributed by atoms with Gasteiger partial charge in [0.05, 0.1) is 18.4 Å². The van der Waals surface area contributed by atoms with Crippen LogP contribution in [0.2, 0.25) is 0 Å². The van der Waals surface area contributed by atoms with Crippen LogP contribution in [0, 0.1) is 0 Å². The fraction of sp³-hybridized carbons (Fsp3) is 0.353. The van der Waals surface area contributed by atoms with Crippen LogP contribution in [0.3, 0.4) is 0 Å². The van der Waals surface area contributed by atoms with Crippen molar-refractivity contribution >= 4 is 17.6 Å². The molecule has 0 aliphatic rings. The van der Waals surface area contributed by atoms with Crippen molar-refractivity contribution in [2.45, 2.75) is 33.2 Å². The number of esters is 1. The molecule has 2 rings (SSSR count). The minimum atomic E-state index is -0.479. The van der Waals surface area contributed by atoms with Crippen LogP contribution < -0.4 is 5.32 Å². The van der Waals surface area contributed by atoms with E-state index in [0.29, 0.717) is 23.4 Å². The lowest BCUT2D eigenvalue weighted by Gasteiger charge is -2.15. The van der Waals surface area contributed by atoms with Crippen molar-refractivity contribution in [1.82, 2.24) is 9.78 Å². The van der Waals surface area contributed by atoms with Crippen molar-refractivity contribution in [1.29, 1.82) is 0 Å². The summed E-state index contributed by atoms with van der Waals surface area (Å²) in [7, 11) is 1.32. The van der Waals surface area contributed by atoms with Crippen molar-refractivity contribution in [3.05, 3.63) is 47.3 Å². The monoisotopic (exact) mass is 315 g/mol. The fourth-order valence-corrected chi connectivity index (χ4v) is 2.41. The van der Waals surface area contributed by atoms with Crippen LogP contribution in [-0.4, -0.2) is 28.8 Å². The number of para-hydroxylation sites is 1. The van der Waals surface area contributed by atoms with E-state index in [1.54, 1.807) is 29.1 Å². The number of aryl methyl sites for hydroxylation is 1. The Balaban J connectivity index is 2.40. The van der Waals surface area contributed by atoms with Crippen molar-refractivity contribution in [2.24, 2.45) is 0 Å². The van der Waals surface area contributed by atoms with E-state index in [0.717, 1.165) is 5.56 Å². The molecule has 0 saturated carbocycles. The summed E-state index contributed by atoms with van der Waals surface area (Å²) >= 11 is 0. The van der Waals surface area contributed by atoms with Crippen LogP contribution in [0.15, 0.2) is 30.5 Å². The number of carbonyl (C=O) groups is 2. The molecule has 6 heteroatoms. The van der Waals surface area contributed by atoms with Gasteiger partial charge in [-0.1, -0.05) is 19.1 Å². The van der Waals surface area contributed by atoms with Gasteiger partial charge < -0.3 is 10.1 Å². The third kappa shape index (κ3) is 3.41. The zero-order valence-electron chi connectivity index (χ0n) is 13.8. The number of nitrogens with zero attached hydrogens (tertiary/aromatic N) is 2. The number of ether oxygens (including phenoxy) is 1. The van der Waals surface area contributed by atoms with Gasteiger partial charge in [0.1, 0.15) is 5.69 Å². The number of amides is 1. The van der Waals surface area contributed by atoms with Crippen molar-refractivity contribution in [3.8, 4) is 0 Å². The van der Waals surface area contributed by atoms with Crippen LogP contribution in [0.1, 0.15) is 53.2 Å². The second-order valence-corrected chi connectivity index (χ2v) is 5.39. The van der Waals surface area contributed by atoms with Crippen molar-refractivity contribution in [3.63, 3.8) is 0 Å². The standard InChI is InChI=1S/C17H21N3O3/c1-5-12-7-6-8-13(17(22)23-4)15(12)19-16(21)14-9-10-18-20(14)11(2)3/h6-11H,5H2,1-4H3,(H,19,21). The first kappa shape index (κ1) is 16.7. The summed E-state index contributed by atoms with van der Waals surface area (Å²) in [5.41, 5.74) is 2.15. The minimum Gasteiger partial charge on any atom is -0.465 e. The third-order valence-electron chi connectivity index (χ3n) is 3.57. The normalized spacial score (nSPS) is 10.7. The summed E-state index contributed by atoms with van der Waals surface area (Å²) in [5.74, 6) is -0.782. The molecular formula is C17H21N3O3. The second-order valence-electron chi connectivity index (χ2n) is 5.39. The number of aromatic nitrogens is 2. The second kappa shape index (κ2) is 7.09. The number of hydrogen-bond acceptors (Lipinski definition) is 4. The highest BCUT2D eigenvalue weighted by Crippen LogP contribution is 2.24. The lowest BCUT2D eigenvalue weighted by atomic mass is 10.0. The highest BCUT2D eigenvalue weighted by atomic mass is 16.5. The summed E-state index contributed by atoms with van der Waals surface area (Å²) in [6, 6.07) is 7.01. The predicted octanol–water partition coefficient (Wildman–Crippen LogP) is 3.07. The molecule has 6 nitrogen and oxygen atoms in total. The van der Waals surface area contributed by atoms with E-state index >= 15 is 0 Å². The summed E-state index contributed by atoms with van der Waals surface area (Å²) in [6.45, 7) is 5.86. The largest absolute Gasteiger partial charge is 0.465 e. The number of rotatable bonds is 5.